The summed E-state index contributed by atoms with van der Waals surface area (Å²) in [5.41, 5.74) is 1.28. The van der Waals surface area contributed by atoms with Crippen LogP contribution < -0.4 is 0 Å². The SMILES string of the molecule is COCC(CC=Cc1ccccc1)(COC)C(C)C. The molecule has 0 amide bonds. The van der Waals surface area contributed by atoms with E-state index in [9.17, 15) is 0 Å². The van der Waals surface area contributed by atoms with Gasteiger partial charge in [-0.25, -0.2) is 0 Å². The Morgan fingerprint density at radius 1 is 1.05 bits per heavy atom. The lowest BCUT2D eigenvalue weighted by Gasteiger charge is -2.35. The zero-order valence-electron chi connectivity index (χ0n) is 12.6. The molecule has 0 fully saturated rings. The van der Waals surface area contributed by atoms with Crippen LogP contribution in [0.15, 0.2) is 36.4 Å². The Labute approximate surface area is 117 Å². The van der Waals surface area contributed by atoms with Crippen molar-refractivity contribution in [2.45, 2.75) is 20.3 Å². The zero-order chi connectivity index (χ0) is 14.1. The highest BCUT2D eigenvalue weighted by atomic mass is 16.5. The van der Waals surface area contributed by atoms with E-state index < -0.39 is 0 Å². The number of allylic oxidation sites excluding steroid dienone is 1. The molecule has 0 N–H and O–H groups in total. The fraction of sp³-hybridized carbons (Fsp3) is 0.529. The average molecular weight is 262 g/mol. The molecule has 0 radical (unpaired) electrons. The molecule has 0 heterocycles. The van der Waals surface area contributed by atoms with E-state index in [1.54, 1.807) is 14.2 Å². The monoisotopic (exact) mass is 262 g/mol. The van der Waals surface area contributed by atoms with Gasteiger partial charge in [0.1, 0.15) is 0 Å². The lowest BCUT2D eigenvalue weighted by atomic mass is 9.75. The van der Waals surface area contributed by atoms with Crippen LogP contribution in [-0.4, -0.2) is 27.4 Å². The summed E-state index contributed by atoms with van der Waals surface area (Å²) in [4.78, 5) is 0. The molecule has 0 saturated heterocycles. The first-order valence-corrected chi connectivity index (χ1v) is 6.84. The molecule has 0 spiro atoms. The summed E-state index contributed by atoms with van der Waals surface area (Å²) in [5.74, 6) is 0.507. The quantitative estimate of drug-likeness (QED) is 0.704. The minimum atomic E-state index is 0.0504. The van der Waals surface area contributed by atoms with Crippen molar-refractivity contribution in [1.29, 1.82) is 0 Å². The molecule has 0 aliphatic heterocycles. The van der Waals surface area contributed by atoms with Crippen molar-refractivity contribution in [2.75, 3.05) is 27.4 Å². The number of methoxy groups -OCH3 is 2. The first kappa shape index (κ1) is 15.9. The van der Waals surface area contributed by atoms with Crippen LogP contribution in [0, 0.1) is 11.3 Å². The van der Waals surface area contributed by atoms with Crippen LogP contribution >= 0.6 is 0 Å². The van der Waals surface area contributed by atoms with Crippen molar-refractivity contribution in [1.82, 2.24) is 0 Å². The lowest BCUT2D eigenvalue weighted by molar-refractivity contribution is -0.0183. The molecule has 1 aromatic carbocycles. The third kappa shape index (κ3) is 4.81. The van der Waals surface area contributed by atoms with Crippen LogP contribution in [0.5, 0.6) is 0 Å². The van der Waals surface area contributed by atoms with Gasteiger partial charge in [-0.3, -0.25) is 0 Å². The van der Waals surface area contributed by atoms with Crippen LogP contribution in [-0.2, 0) is 9.47 Å². The Bertz CT molecular complexity index is 362. The van der Waals surface area contributed by atoms with E-state index in [0.29, 0.717) is 5.92 Å². The van der Waals surface area contributed by atoms with E-state index in [4.69, 9.17) is 9.47 Å². The van der Waals surface area contributed by atoms with Gasteiger partial charge in [0.05, 0.1) is 13.2 Å². The number of hydrogen-bond donors (Lipinski definition) is 0. The first-order chi connectivity index (χ1) is 9.14. The van der Waals surface area contributed by atoms with Gasteiger partial charge in [0.2, 0.25) is 0 Å². The average Bonchev–Trinajstić information content (AvgIpc) is 2.40. The standard InChI is InChI=1S/C17H26O2/c1-15(2)17(13-18-3,14-19-4)12-8-11-16-9-6-5-7-10-16/h5-11,15H,12-14H2,1-4H3. The molecular weight excluding hydrogens is 236 g/mol. The van der Waals surface area contributed by atoms with E-state index in [2.05, 4.69) is 50.3 Å². The number of ether oxygens (including phenoxy) is 2. The topological polar surface area (TPSA) is 18.5 Å². The maximum Gasteiger partial charge on any atom is 0.0546 e. The summed E-state index contributed by atoms with van der Waals surface area (Å²) >= 11 is 0. The summed E-state index contributed by atoms with van der Waals surface area (Å²) < 4.78 is 10.8. The maximum absolute atomic E-state index is 5.41. The van der Waals surface area contributed by atoms with Gasteiger partial charge in [0, 0.05) is 19.6 Å². The lowest BCUT2D eigenvalue weighted by Crippen LogP contribution is -2.36. The van der Waals surface area contributed by atoms with Crippen molar-refractivity contribution in [3.63, 3.8) is 0 Å². The molecule has 1 rings (SSSR count). The first-order valence-electron chi connectivity index (χ1n) is 6.84. The molecule has 0 aromatic heterocycles. The molecule has 2 heteroatoms. The summed E-state index contributed by atoms with van der Waals surface area (Å²) in [6, 6.07) is 10.4. The Kier molecular flexibility index (Phi) is 6.82. The molecule has 2 nitrogen and oxygen atoms in total. The molecule has 0 atom stereocenters. The van der Waals surface area contributed by atoms with Crippen LogP contribution in [0.1, 0.15) is 25.8 Å². The Morgan fingerprint density at radius 2 is 1.63 bits per heavy atom. The maximum atomic E-state index is 5.41. The van der Waals surface area contributed by atoms with Crippen molar-refractivity contribution >= 4 is 6.08 Å². The Morgan fingerprint density at radius 3 is 2.11 bits per heavy atom. The van der Waals surface area contributed by atoms with Gasteiger partial charge in [-0.1, -0.05) is 56.3 Å². The van der Waals surface area contributed by atoms with Gasteiger partial charge in [-0.2, -0.15) is 0 Å². The van der Waals surface area contributed by atoms with Gasteiger partial charge in [-0.15, -0.1) is 0 Å². The van der Waals surface area contributed by atoms with E-state index >= 15 is 0 Å². The molecule has 106 valence electrons. The second kappa shape index (κ2) is 8.13. The van der Waals surface area contributed by atoms with Crippen LogP contribution in [0.4, 0.5) is 0 Å². The van der Waals surface area contributed by atoms with Gasteiger partial charge >= 0.3 is 0 Å². The fourth-order valence-electron chi connectivity index (χ4n) is 2.30. The smallest absolute Gasteiger partial charge is 0.0546 e. The highest BCUT2D eigenvalue weighted by molar-refractivity contribution is 5.48. The van der Waals surface area contributed by atoms with Crippen molar-refractivity contribution < 1.29 is 9.47 Å². The number of rotatable bonds is 8. The van der Waals surface area contributed by atoms with E-state index in [1.165, 1.54) is 5.56 Å². The second-order valence-electron chi connectivity index (χ2n) is 5.40. The fourth-order valence-corrected chi connectivity index (χ4v) is 2.30. The number of benzene rings is 1. The summed E-state index contributed by atoms with van der Waals surface area (Å²) in [7, 11) is 3.52. The van der Waals surface area contributed by atoms with E-state index in [0.717, 1.165) is 19.6 Å². The summed E-state index contributed by atoms with van der Waals surface area (Å²) in [6.45, 7) is 5.90. The molecule has 0 unspecified atom stereocenters. The third-order valence-corrected chi connectivity index (χ3v) is 3.72. The van der Waals surface area contributed by atoms with Crippen LogP contribution in [0.25, 0.3) is 6.08 Å². The van der Waals surface area contributed by atoms with Crippen molar-refractivity contribution in [3.05, 3.63) is 42.0 Å². The summed E-state index contributed by atoms with van der Waals surface area (Å²) in [5, 5.41) is 0. The molecule has 0 aliphatic rings. The molecular formula is C17H26O2. The Hall–Kier alpha value is -1.12. The van der Waals surface area contributed by atoms with Crippen molar-refractivity contribution in [2.24, 2.45) is 11.3 Å². The molecule has 0 bridgehead atoms. The predicted molar refractivity (Wildman–Crippen MR) is 81.1 cm³/mol. The predicted octanol–water partition coefficient (Wildman–Crippen LogP) is 4.03. The van der Waals surface area contributed by atoms with Gasteiger partial charge in [0.15, 0.2) is 0 Å². The second-order valence-corrected chi connectivity index (χ2v) is 5.40. The van der Waals surface area contributed by atoms with Gasteiger partial charge in [0.25, 0.3) is 0 Å². The molecule has 19 heavy (non-hydrogen) atoms. The zero-order valence-corrected chi connectivity index (χ0v) is 12.6. The van der Waals surface area contributed by atoms with Crippen LogP contribution in [0.2, 0.25) is 0 Å². The van der Waals surface area contributed by atoms with Gasteiger partial charge in [-0.05, 0) is 17.9 Å². The molecule has 1 aromatic rings. The largest absolute Gasteiger partial charge is 0.384 e. The molecule has 0 saturated carbocycles. The minimum absolute atomic E-state index is 0.0504. The Balaban J connectivity index is 2.74. The highest BCUT2D eigenvalue weighted by Gasteiger charge is 2.32. The molecule has 0 aliphatic carbocycles. The van der Waals surface area contributed by atoms with Crippen LogP contribution in [0.3, 0.4) is 0 Å². The highest BCUT2D eigenvalue weighted by Crippen LogP contribution is 2.33. The van der Waals surface area contributed by atoms with Gasteiger partial charge < -0.3 is 9.47 Å². The van der Waals surface area contributed by atoms with E-state index in [-0.39, 0.29) is 5.41 Å². The minimum Gasteiger partial charge on any atom is -0.384 e. The number of hydrogen-bond acceptors (Lipinski definition) is 2. The normalized spacial score (nSPS) is 12.5. The van der Waals surface area contributed by atoms with E-state index in [1.807, 2.05) is 6.07 Å². The van der Waals surface area contributed by atoms with Crippen molar-refractivity contribution in [3.8, 4) is 0 Å². The third-order valence-electron chi connectivity index (χ3n) is 3.72. The summed E-state index contributed by atoms with van der Waals surface area (Å²) in [6.07, 6.45) is 5.36.